The topological polar surface area (TPSA) is 73.9 Å². The van der Waals surface area contributed by atoms with Gasteiger partial charge in [-0.05, 0) is 38.1 Å². The molecule has 2 unspecified atom stereocenters. The van der Waals surface area contributed by atoms with Gasteiger partial charge in [0.15, 0.2) is 0 Å². The van der Waals surface area contributed by atoms with Gasteiger partial charge in [0.25, 0.3) is 0 Å². The molecule has 1 heterocycles. The van der Waals surface area contributed by atoms with Crippen LogP contribution in [0.2, 0.25) is 0 Å². The Bertz CT molecular complexity index is 564. The Hall–Kier alpha value is -2.28. The summed E-state index contributed by atoms with van der Waals surface area (Å²) in [5.74, 6) is -0.156. The number of benzene rings is 1. The van der Waals surface area contributed by atoms with Crippen LogP contribution in [-0.2, 0) is 9.53 Å². The van der Waals surface area contributed by atoms with E-state index >= 15 is 0 Å². The highest BCUT2D eigenvalue weighted by Gasteiger charge is 2.22. The van der Waals surface area contributed by atoms with Crippen LogP contribution in [0, 0.1) is 0 Å². The third kappa shape index (κ3) is 5.13. The summed E-state index contributed by atoms with van der Waals surface area (Å²) in [5, 5.41) is 5.25. The van der Waals surface area contributed by atoms with E-state index in [-0.39, 0.29) is 24.7 Å². The monoisotopic (exact) mass is 334 g/mol. The number of hydrogen-bond donors (Lipinski definition) is 2. The summed E-state index contributed by atoms with van der Waals surface area (Å²) in [5.41, 5.74) is 1.79. The maximum atomic E-state index is 11.8. The fourth-order valence-corrected chi connectivity index (χ4v) is 2.63. The maximum Gasteiger partial charge on any atom is 0.319 e. The van der Waals surface area contributed by atoms with Crippen molar-refractivity contribution in [3.05, 3.63) is 24.3 Å². The van der Waals surface area contributed by atoms with Crippen LogP contribution in [0.25, 0.3) is 0 Å². The lowest BCUT2D eigenvalue weighted by molar-refractivity contribution is -0.127. The maximum absolute atomic E-state index is 11.8. The Balaban J connectivity index is 1.87. The number of ether oxygens (including phenoxy) is 1. The number of carbonyl (C=O) groups is 2. The van der Waals surface area contributed by atoms with E-state index in [1.54, 1.807) is 14.1 Å². The first-order chi connectivity index (χ1) is 11.3. The largest absolute Gasteiger partial charge is 0.372 e. The summed E-state index contributed by atoms with van der Waals surface area (Å²) in [6, 6.07) is 7.27. The summed E-state index contributed by atoms with van der Waals surface area (Å²) in [7, 11) is 3.29. The molecule has 7 nitrogen and oxygen atoms in total. The lowest BCUT2D eigenvalue weighted by Gasteiger charge is -2.36. The zero-order valence-electron chi connectivity index (χ0n) is 14.7. The molecule has 2 atom stereocenters. The SMILES string of the molecule is CC1CN(c2ccc(NC(=O)NCC(=O)N(C)C)cc2)CC(C)O1. The van der Waals surface area contributed by atoms with E-state index in [9.17, 15) is 9.59 Å². The Morgan fingerprint density at radius 3 is 2.29 bits per heavy atom. The molecule has 1 saturated heterocycles. The van der Waals surface area contributed by atoms with Crippen molar-refractivity contribution in [1.29, 1.82) is 0 Å². The van der Waals surface area contributed by atoms with Crippen molar-refractivity contribution in [2.75, 3.05) is 43.9 Å². The molecule has 0 spiro atoms. The molecular weight excluding hydrogens is 308 g/mol. The van der Waals surface area contributed by atoms with Crippen LogP contribution >= 0.6 is 0 Å². The van der Waals surface area contributed by atoms with Gasteiger partial charge in [0.05, 0.1) is 18.8 Å². The van der Waals surface area contributed by atoms with E-state index in [1.165, 1.54) is 4.90 Å². The number of urea groups is 1. The molecule has 1 aliphatic heterocycles. The lowest BCUT2D eigenvalue weighted by atomic mass is 10.2. The van der Waals surface area contributed by atoms with E-state index in [4.69, 9.17) is 4.74 Å². The quantitative estimate of drug-likeness (QED) is 0.875. The molecule has 1 fully saturated rings. The van der Waals surface area contributed by atoms with Crippen LogP contribution in [0.1, 0.15) is 13.8 Å². The van der Waals surface area contributed by atoms with Gasteiger partial charge >= 0.3 is 6.03 Å². The Morgan fingerprint density at radius 2 is 1.75 bits per heavy atom. The van der Waals surface area contributed by atoms with Crippen molar-refractivity contribution >= 4 is 23.3 Å². The molecule has 7 heteroatoms. The highest BCUT2D eigenvalue weighted by molar-refractivity contribution is 5.92. The van der Waals surface area contributed by atoms with Crippen LogP contribution in [0.5, 0.6) is 0 Å². The number of morpholine rings is 1. The molecule has 1 aromatic carbocycles. The fourth-order valence-electron chi connectivity index (χ4n) is 2.63. The van der Waals surface area contributed by atoms with Gasteiger partial charge in [-0.1, -0.05) is 0 Å². The average molecular weight is 334 g/mol. The third-order valence-corrected chi connectivity index (χ3v) is 3.81. The van der Waals surface area contributed by atoms with E-state index in [1.807, 2.05) is 24.3 Å². The second-order valence-electron chi connectivity index (χ2n) is 6.31. The molecule has 0 radical (unpaired) electrons. The highest BCUT2D eigenvalue weighted by Crippen LogP contribution is 2.22. The molecule has 1 aromatic rings. The zero-order valence-corrected chi connectivity index (χ0v) is 14.7. The van der Waals surface area contributed by atoms with E-state index < -0.39 is 6.03 Å². The zero-order chi connectivity index (χ0) is 17.7. The Labute approximate surface area is 142 Å². The van der Waals surface area contributed by atoms with E-state index in [0.29, 0.717) is 5.69 Å². The number of anilines is 2. The summed E-state index contributed by atoms with van der Waals surface area (Å²) in [6.07, 6.45) is 0.401. The van der Waals surface area contributed by atoms with Crippen molar-refractivity contribution < 1.29 is 14.3 Å². The number of nitrogens with one attached hydrogen (secondary N) is 2. The van der Waals surface area contributed by atoms with Crippen molar-refractivity contribution in [1.82, 2.24) is 10.2 Å². The number of carbonyl (C=O) groups excluding carboxylic acids is 2. The van der Waals surface area contributed by atoms with Crippen LogP contribution in [0.3, 0.4) is 0 Å². The molecule has 0 aliphatic carbocycles. The first-order valence-corrected chi connectivity index (χ1v) is 8.10. The Kier molecular flexibility index (Phi) is 6.03. The smallest absolute Gasteiger partial charge is 0.319 e. The summed E-state index contributed by atoms with van der Waals surface area (Å²) in [4.78, 5) is 26.9. The molecule has 3 amide bonds. The molecule has 2 rings (SSSR count). The summed E-state index contributed by atoms with van der Waals surface area (Å²) in [6.45, 7) is 5.81. The first kappa shape index (κ1) is 18.1. The predicted octanol–water partition coefficient (Wildman–Crippen LogP) is 1.51. The van der Waals surface area contributed by atoms with Crippen LogP contribution in [0.4, 0.5) is 16.2 Å². The van der Waals surface area contributed by atoms with Gasteiger partial charge < -0.3 is 25.2 Å². The minimum Gasteiger partial charge on any atom is -0.372 e. The second kappa shape index (κ2) is 8.01. The number of amides is 3. The number of nitrogens with zero attached hydrogens (tertiary/aromatic N) is 2. The van der Waals surface area contributed by atoms with Crippen LogP contribution in [-0.4, -0.2) is 62.8 Å². The predicted molar refractivity (Wildman–Crippen MR) is 94.4 cm³/mol. The first-order valence-electron chi connectivity index (χ1n) is 8.10. The van der Waals surface area contributed by atoms with Gasteiger partial charge in [0, 0.05) is 38.6 Å². The van der Waals surface area contributed by atoms with Crippen LogP contribution < -0.4 is 15.5 Å². The summed E-state index contributed by atoms with van der Waals surface area (Å²) >= 11 is 0. The van der Waals surface area contributed by atoms with Crippen LogP contribution in [0.15, 0.2) is 24.3 Å². The van der Waals surface area contributed by atoms with Crippen molar-refractivity contribution in [2.24, 2.45) is 0 Å². The molecule has 0 bridgehead atoms. The molecule has 0 saturated carbocycles. The number of hydrogen-bond acceptors (Lipinski definition) is 4. The molecule has 132 valence electrons. The minimum absolute atomic E-state index is 0.0273. The van der Waals surface area contributed by atoms with Crippen molar-refractivity contribution in [3.8, 4) is 0 Å². The minimum atomic E-state index is -0.397. The third-order valence-electron chi connectivity index (χ3n) is 3.81. The van der Waals surface area contributed by atoms with Gasteiger partial charge in [-0.3, -0.25) is 4.79 Å². The second-order valence-corrected chi connectivity index (χ2v) is 6.31. The molecule has 1 aliphatic rings. The Morgan fingerprint density at radius 1 is 1.17 bits per heavy atom. The molecule has 24 heavy (non-hydrogen) atoms. The highest BCUT2D eigenvalue weighted by atomic mass is 16.5. The van der Waals surface area contributed by atoms with Crippen molar-refractivity contribution in [3.63, 3.8) is 0 Å². The molecule has 2 N–H and O–H groups in total. The van der Waals surface area contributed by atoms with E-state index in [0.717, 1.165) is 18.8 Å². The standard InChI is InChI=1S/C17H26N4O3/c1-12-10-21(11-13(2)24-12)15-7-5-14(6-8-15)19-17(23)18-9-16(22)20(3)4/h5-8,12-13H,9-11H2,1-4H3,(H2,18,19,23). The normalized spacial score (nSPS) is 20.4. The number of likely N-dealkylation sites (N-methyl/N-ethyl adjacent to an activating group) is 1. The number of rotatable bonds is 4. The molecule has 0 aromatic heterocycles. The van der Waals surface area contributed by atoms with Crippen molar-refractivity contribution in [2.45, 2.75) is 26.1 Å². The van der Waals surface area contributed by atoms with Gasteiger partial charge in [0.1, 0.15) is 0 Å². The van der Waals surface area contributed by atoms with Gasteiger partial charge in [-0.25, -0.2) is 4.79 Å². The van der Waals surface area contributed by atoms with Gasteiger partial charge in [-0.2, -0.15) is 0 Å². The summed E-state index contributed by atoms with van der Waals surface area (Å²) < 4.78 is 5.74. The average Bonchev–Trinajstić information content (AvgIpc) is 2.52. The van der Waals surface area contributed by atoms with E-state index in [2.05, 4.69) is 29.4 Å². The lowest BCUT2D eigenvalue weighted by Crippen LogP contribution is -2.45. The fraction of sp³-hybridized carbons (Fsp3) is 0.529. The molecular formula is C17H26N4O3. The van der Waals surface area contributed by atoms with Gasteiger partial charge in [-0.15, -0.1) is 0 Å². The van der Waals surface area contributed by atoms with Gasteiger partial charge in [0.2, 0.25) is 5.91 Å².